The average Bonchev–Trinajstić information content (AvgIpc) is 2.81. The Kier molecular flexibility index (Phi) is 6.79. The molecule has 0 saturated carbocycles. The van der Waals surface area contributed by atoms with Gasteiger partial charge < -0.3 is 14.0 Å². The average molecular weight is 400 g/mol. The number of rotatable bonds is 7. The molecule has 0 radical (unpaired) electrons. The summed E-state index contributed by atoms with van der Waals surface area (Å²) >= 11 is 0. The van der Waals surface area contributed by atoms with E-state index in [1.165, 1.54) is 24.3 Å². The van der Waals surface area contributed by atoms with Crippen LogP contribution in [0.25, 0.3) is 5.57 Å². The van der Waals surface area contributed by atoms with Crippen molar-refractivity contribution in [2.45, 2.75) is 51.5 Å². The molecular formula is C20H25BF4O3. The van der Waals surface area contributed by atoms with Crippen molar-refractivity contribution >= 4 is 12.7 Å². The molecule has 8 heteroatoms. The van der Waals surface area contributed by atoms with Crippen LogP contribution in [0, 0.1) is 0 Å². The van der Waals surface area contributed by atoms with Gasteiger partial charge in [-0.05, 0) is 51.3 Å². The van der Waals surface area contributed by atoms with E-state index in [9.17, 15) is 13.2 Å². The van der Waals surface area contributed by atoms with Gasteiger partial charge in [0.05, 0.1) is 30.0 Å². The summed E-state index contributed by atoms with van der Waals surface area (Å²) in [6.45, 7) is 10.7. The van der Waals surface area contributed by atoms with E-state index in [1.54, 1.807) is 27.7 Å². The van der Waals surface area contributed by atoms with Gasteiger partial charge >= 0.3 is 13.3 Å². The summed E-state index contributed by atoms with van der Waals surface area (Å²) in [5.41, 5.74) is -3.82. The van der Waals surface area contributed by atoms with E-state index >= 15 is 4.39 Å². The molecule has 1 aromatic rings. The number of alkyl halides is 3. The summed E-state index contributed by atoms with van der Waals surface area (Å²) in [6.07, 6.45) is -3.19. The minimum atomic E-state index is -4.62. The van der Waals surface area contributed by atoms with Gasteiger partial charge in [0.2, 0.25) is 0 Å². The SMILES string of the molecule is C=CCOCCC(=C(F)B1OC(C)(C)C(C)(C)O1)c1ccccc1C(F)(F)F. The fraction of sp³-hybridized carbons (Fsp3) is 0.500. The Balaban J connectivity index is 2.49. The first-order chi connectivity index (χ1) is 12.9. The predicted octanol–water partition coefficient (Wildman–Crippen LogP) is 5.61. The third-order valence-electron chi connectivity index (χ3n) is 5.04. The molecule has 1 saturated heterocycles. The van der Waals surface area contributed by atoms with Gasteiger partial charge in [0.1, 0.15) is 5.73 Å². The van der Waals surface area contributed by atoms with Crippen LogP contribution in [0.15, 0.2) is 42.6 Å². The fourth-order valence-corrected chi connectivity index (χ4v) is 2.81. The highest BCUT2D eigenvalue weighted by molar-refractivity contribution is 6.55. The number of hydrogen-bond acceptors (Lipinski definition) is 3. The summed E-state index contributed by atoms with van der Waals surface area (Å²) in [7, 11) is -1.39. The van der Waals surface area contributed by atoms with Gasteiger partial charge in [-0.1, -0.05) is 24.3 Å². The zero-order valence-corrected chi connectivity index (χ0v) is 16.5. The van der Waals surface area contributed by atoms with Crippen LogP contribution in [0.4, 0.5) is 17.6 Å². The molecule has 1 aliphatic heterocycles. The summed E-state index contributed by atoms with van der Waals surface area (Å²) in [4.78, 5) is 0. The summed E-state index contributed by atoms with van der Waals surface area (Å²) in [5, 5.41) is 0. The summed E-state index contributed by atoms with van der Waals surface area (Å²) in [6, 6.07) is 4.88. The monoisotopic (exact) mass is 400 g/mol. The Morgan fingerprint density at radius 2 is 1.71 bits per heavy atom. The Morgan fingerprint density at radius 1 is 1.14 bits per heavy atom. The lowest BCUT2D eigenvalue weighted by molar-refractivity contribution is -0.137. The highest BCUT2D eigenvalue weighted by atomic mass is 19.4. The normalized spacial score (nSPS) is 19.5. The number of hydrogen-bond donors (Lipinski definition) is 0. The second-order valence-corrected chi connectivity index (χ2v) is 7.57. The molecule has 1 aromatic carbocycles. The van der Waals surface area contributed by atoms with Crippen molar-refractivity contribution in [1.29, 1.82) is 0 Å². The lowest BCUT2D eigenvalue weighted by Crippen LogP contribution is -2.41. The number of ether oxygens (including phenoxy) is 1. The van der Waals surface area contributed by atoms with Crippen LogP contribution in [-0.4, -0.2) is 31.5 Å². The van der Waals surface area contributed by atoms with E-state index in [1.807, 2.05) is 0 Å². The molecule has 154 valence electrons. The first-order valence-corrected chi connectivity index (χ1v) is 9.00. The maximum Gasteiger partial charge on any atom is 0.525 e. The van der Waals surface area contributed by atoms with Gasteiger partial charge in [-0.25, -0.2) is 4.39 Å². The van der Waals surface area contributed by atoms with E-state index in [-0.39, 0.29) is 30.8 Å². The molecule has 0 amide bonds. The van der Waals surface area contributed by atoms with Crippen molar-refractivity contribution in [3.8, 4) is 0 Å². The Morgan fingerprint density at radius 3 is 2.25 bits per heavy atom. The molecule has 0 unspecified atom stereocenters. The minimum Gasteiger partial charge on any atom is -0.398 e. The lowest BCUT2D eigenvalue weighted by atomic mass is 9.81. The molecule has 3 nitrogen and oxygen atoms in total. The summed E-state index contributed by atoms with van der Waals surface area (Å²) in [5.74, 6) is 0. The standard InChI is InChI=1S/C20H25BF4O3/c1-6-12-26-13-11-15(14-9-7-8-10-16(14)20(23,24)25)17(22)21-27-18(2,3)19(4,5)28-21/h6-10H,1,11-13H2,2-5H3. The number of benzene rings is 1. The first-order valence-electron chi connectivity index (χ1n) is 9.00. The first kappa shape index (κ1) is 22.7. The van der Waals surface area contributed by atoms with Crippen molar-refractivity contribution in [1.82, 2.24) is 0 Å². The van der Waals surface area contributed by atoms with Crippen molar-refractivity contribution in [2.24, 2.45) is 0 Å². The van der Waals surface area contributed by atoms with Gasteiger partial charge in [-0.3, -0.25) is 0 Å². The largest absolute Gasteiger partial charge is 0.525 e. The molecule has 2 rings (SSSR count). The zero-order chi connectivity index (χ0) is 21.2. The minimum absolute atomic E-state index is 0.0282. The molecule has 0 N–H and O–H groups in total. The predicted molar refractivity (Wildman–Crippen MR) is 101 cm³/mol. The van der Waals surface area contributed by atoms with Crippen LogP contribution in [0.5, 0.6) is 0 Å². The fourth-order valence-electron chi connectivity index (χ4n) is 2.81. The molecule has 28 heavy (non-hydrogen) atoms. The van der Waals surface area contributed by atoms with E-state index in [4.69, 9.17) is 14.0 Å². The van der Waals surface area contributed by atoms with E-state index < -0.39 is 35.8 Å². The maximum absolute atomic E-state index is 15.4. The van der Waals surface area contributed by atoms with Crippen LogP contribution < -0.4 is 0 Å². The maximum atomic E-state index is 15.4. The van der Waals surface area contributed by atoms with Crippen LogP contribution in [0.2, 0.25) is 0 Å². The molecule has 0 aliphatic carbocycles. The molecule has 1 fully saturated rings. The highest BCUT2D eigenvalue weighted by Crippen LogP contribution is 2.42. The molecule has 0 atom stereocenters. The van der Waals surface area contributed by atoms with Gasteiger partial charge in [-0.15, -0.1) is 6.58 Å². The Bertz CT molecular complexity index is 725. The van der Waals surface area contributed by atoms with Gasteiger partial charge in [-0.2, -0.15) is 13.2 Å². The van der Waals surface area contributed by atoms with Crippen molar-refractivity contribution in [3.63, 3.8) is 0 Å². The summed E-state index contributed by atoms with van der Waals surface area (Å²) < 4.78 is 72.5. The molecule has 1 heterocycles. The van der Waals surface area contributed by atoms with Gasteiger partial charge in [0.15, 0.2) is 0 Å². The molecule has 0 spiro atoms. The smallest absolute Gasteiger partial charge is 0.398 e. The third kappa shape index (κ3) is 4.85. The van der Waals surface area contributed by atoms with E-state index in [0.717, 1.165) is 6.07 Å². The molecule has 0 bridgehead atoms. The van der Waals surface area contributed by atoms with E-state index in [0.29, 0.717) is 0 Å². The van der Waals surface area contributed by atoms with Gasteiger partial charge in [0, 0.05) is 0 Å². The second kappa shape index (κ2) is 8.39. The Hall–Kier alpha value is -1.64. The van der Waals surface area contributed by atoms with Crippen LogP contribution in [0.1, 0.15) is 45.2 Å². The van der Waals surface area contributed by atoms with Crippen molar-refractivity contribution < 1.29 is 31.6 Å². The Labute approximate surface area is 163 Å². The van der Waals surface area contributed by atoms with Crippen LogP contribution in [0.3, 0.4) is 0 Å². The molecular weight excluding hydrogens is 375 g/mol. The van der Waals surface area contributed by atoms with E-state index in [2.05, 4.69) is 6.58 Å². The van der Waals surface area contributed by atoms with Crippen molar-refractivity contribution in [2.75, 3.05) is 13.2 Å². The zero-order valence-electron chi connectivity index (χ0n) is 16.5. The molecule has 1 aliphatic rings. The quantitative estimate of drug-likeness (QED) is 0.258. The molecule has 0 aromatic heterocycles. The third-order valence-corrected chi connectivity index (χ3v) is 5.04. The van der Waals surface area contributed by atoms with Crippen LogP contribution >= 0.6 is 0 Å². The van der Waals surface area contributed by atoms with Crippen LogP contribution in [-0.2, 0) is 20.2 Å². The van der Waals surface area contributed by atoms with Crippen molar-refractivity contribution in [3.05, 3.63) is 53.8 Å². The lowest BCUT2D eigenvalue weighted by Gasteiger charge is -2.32. The highest BCUT2D eigenvalue weighted by Gasteiger charge is 2.53. The van der Waals surface area contributed by atoms with Gasteiger partial charge in [0.25, 0.3) is 0 Å². The second-order valence-electron chi connectivity index (χ2n) is 7.57. The topological polar surface area (TPSA) is 27.7 Å². The number of halogens is 4.